The van der Waals surface area contributed by atoms with E-state index < -0.39 is 10.0 Å². The van der Waals surface area contributed by atoms with Crippen LogP contribution in [-0.4, -0.2) is 14.3 Å². The van der Waals surface area contributed by atoms with Crippen LogP contribution in [0.4, 0.5) is 5.69 Å². The molecular weight excluding hydrogens is 300 g/mol. The van der Waals surface area contributed by atoms with Crippen LogP contribution >= 0.6 is 0 Å². The van der Waals surface area contributed by atoms with Crippen LogP contribution in [0, 0.1) is 6.92 Å². The Balaban J connectivity index is 1.96. The van der Waals surface area contributed by atoms with Gasteiger partial charge in [0, 0.05) is 6.54 Å². The second-order valence-electron chi connectivity index (χ2n) is 5.32. The molecule has 0 aromatic heterocycles. The molecule has 0 aliphatic carbocycles. The van der Waals surface area contributed by atoms with E-state index >= 15 is 0 Å². The molecular formula is C16H16N2O3S. The van der Waals surface area contributed by atoms with E-state index in [1.165, 1.54) is 0 Å². The van der Waals surface area contributed by atoms with Gasteiger partial charge < -0.3 is 5.32 Å². The Morgan fingerprint density at radius 3 is 2.55 bits per heavy atom. The van der Waals surface area contributed by atoms with Crippen molar-refractivity contribution in [3.63, 3.8) is 0 Å². The molecule has 2 aromatic carbocycles. The molecule has 1 amide bonds. The first kappa shape index (κ1) is 14.6. The molecule has 2 N–H and O–H groups in total. The second-order valence-corrected chi connectivity index (χ2v) is 7.00. The zero-order valence-corrected chi connectivity index (χ0v) is 12.9. The number of carbonyl (C=O) groups is 1. The molecule has 5 nitrogen and oxygen atoms in total. The minimum atomic E-state index is -3.66. The summed E-state index contributed by atoms with van der Waals surface area (Å²) in [5, 5.41) is 2.75. The summed E-state index contributed by atoms with van der Waals surface area (Å²) >= 11 is 0. The van der Waals surface area contributed by atoms with E-state index in [9.17, 15) is 13.2 Å². The Kier molecular flexibility index (Phi) is 3.62. The Hall–Kier alpha value is -2.34. The van der Waals surface area contributed by atoms with Crippen molar-refractivity contribution in [3.8, 4) is 0 Å². The van der Waals surface area contributed by atoms with Crippen molar-refractivity contribution in [2.45, 2.75) is 24.8 Å². The van der Waals surface area contributed by atoms with Gasteiger partial charge in [-0.25, -0.2) is 8.42 Å². The van der Waals surface area contributed by atoms with Gasteiger partial charge in [0.25, 0.3) is 10.0 Å². The molecule has 0 spiro atoms. The summed E-state index contributed by atoms with van der Waals surface area (Å²) < 4.78 is 27.5. The smallest absolute Gasteiger partial charge is 0.261 e. The van der Waals surface area contributed by atoms with Gasteiger partial charge in [0.1, 0.15) is 0 Å². The van der Waals surface area contributed by atoms with E-state index in [0.29, 0.717) is 12.2 Å². The zero-order chi connectivity index (χ0) is 15.7. The topological polar surface area (TPSA) is 75.3 Å². The van der Waals surface area contributed by atoms with Crippen molar-refractivity contribution in [1.29, 1.82) is 0 Å². The number of hydrogen-bond acceptors (Lipinski definition) is 3. The molecule has 6 heteroatoms. The van der Waals surface area contributed by atoms with Gasteiger partial charge in [-0.2, -0.15) is 0 Å². The molecule has 3 rings (SSSR count). The van der Waals surface area contributed by atoms with Crippen molar-refractivity contribution in [3.05, 3.63) is 59.2 Å². The molecule has 114 valence electrons. The van der Waals surface area contributed by atoms with Crippen molar-refractivity contribution in [2.24, 2.45) is 0 Å². The van der Waals surface area contributed by atoms with Gasteiger partial charge in [-0.1, -0.05) is 29.8 Å². The predicted molar refractivity (Wildman–Crippen MR) is 84.0 cm³/mol. The largest absolute Gasteiger partial charge is 0.352 e. The van der Waals surface area contributed by atoms with Gasteiger partial charge in [0.05, 0.1) is 17.0 Å². The molecule has 1 aliphatic rings. The summed E-state index contributed by atoms with van der Waals surface area (Å²) in [7, 11) is -3.66. The number of rotatable bonds is 3. The standard InChI is InChI=1S/C16H16N2O3S/c1-11-5-7-13(8-6-11)22(20,21)18-15-4-2-3-12-10-17-16(19)9-14(12)15/h2-8,18H,9-10H2,1H3,(H,17,19). The number of carbonyl (C=O) groups excluding carboxylic acids is 1. The van der Waals surface area contributed by atoms with Gasteiger partial charge >= 0.3 is 0 Å². The number of hydrogen-bond donors (Lipinski definition) is 2. The van der Waals surface area contributed by atoms with Crippen molar-refractivity contribution in [2.75, 3.05) is 4.72 Å². The maximum absolute atomic E-state index is 12.5. The lowest BCUT2D eigenvalue weighted by Crippen LogP contribution is -2.31. The van der Waals surface area contributed by atoms with E-state index in [1.807, 2.05) is 13.0 Å². The normalized spacial score (nSPS) is 14.1. The molecule has 1 heterocycles. The molecule has 0 atom stereocenters. The van der Waals surface area contributed by atoms with Crippen molar-refractivity contribution in [1.82, 2.24) is 5.32 Å². The van der Waals surface area contributed by atoms with Crippen LogP contribution in [0.3, 0.4) is 0 Å². The van der Waals surface area contributed by atoms with Crippen LogP contribution in [0.2, 0.25) is 0 Å². The summed E-state index contributed by atoms with van der Waals surface area (Å²) in [4.78, 5) is 11.8. The van der Waals surface area contributed by atoms with Crippen LogP contribution in [0.5, 0.6) is 0 Å². The average Bonchev–Trinajstić information content (AvgIpc) is 2.48. The molecule has 2 aromatic rings. The van der Waals surface area contributed by atoms with E-state index in [4.69, 9.17) is 0 Å². The maximum Gasteiger partial charge on any atom is 0.261 e. The van der Waals surface area contributed by atoms with Crippen LogP contribution in [0.15, 0.2) is 47.4 Å². The van der Waals surface area contributed by atoms with Crippen molar-refractivity contribution >= 4 is 21.6 Å². The first-order chi connectivity index (χ1) is 10.5. The lowest BCUT2D eigenvalue weighted by atomic mass is 9.99. The fourth-order valence-corrected chi connectivity index (χ4v) is 3.54. The third-order valence-corrected chi connectivity index (χ3v) is 5.04. The van der Waals surface area contributed by atoms with E-state index in [0.717, 1.165) is 16.7 Å². The lowest BCUT2D eigenvalue weighted by molar-refractivity contribution is -0.121. The van der Waals surface area contributed by atoms with Gasteiger partial charge in [0.15, 0.2) is 0 Å². The number of aryl methyl sites for hydroxylation is 1. The van der Waals surface area contributed by atoms with Gasteiger partial charge in [-0.15, -0.1) is 0 Å². The Morgan fingerprint density at radius 1 is 1.09 bits per heavy atom. The van der Waals surface area contributed by atoms with E-state index in [2.05, 4.69) is 10.0 Å². The number of sulfonamides is 1. The minimum Gasteiger partial charge on any atom is -0.352 e. The highest BCUT2D eigenvalue weighted by Gasteiger charge is 2.21. The second kappa shape index (κ2) is 5.46. The highest BCUT2D eigenvalue weighted by molar-refractivity contribution is 7.92. The molecule has 0 fully saturated rings. The summed E-state index contributed by atoms with van der Waals surface area (Å²) in [6.45, 7) is 2.32. The lowest BCUT2D eigenvalue weighted by Gasteiger charge is -2.20. The van der Waals surface area contributed by atoms with Crippen LogP contribution in [0.25, 0.3) is 0 Å². The zero-order valence-electron chi connectivity index (χ0n) is 12.1. The number of amides is 1. The van der Waals surface area contributed by atoms with Crippen LogP contribution in [-0.2, 0) is 27.8 Å². The number of anilines is 1. The van der Waals surface area contributed by atoms with E-state index in [-0.39, 0.29) is 17.2 Å². The number of nitrogens with one attached hydrogen (secondary N) is 2. The summed E-state index contributed by atoms with van der Waals surface area (Å²) in [6.07, 6.45) is 0.182. The monoisotopic (exact) mass is 316 g/mol. The number of benzene rings is 2. The third kappa shape index (κ3) is 2.82. The fourth-order valence-electron chi connectivity index (χ4n) is 2.44. The number of fused-ring (bicyclic) bond motifs is 1. The summed E-state index contributed by atoms with van der Waals surface area (Å²) in [5.74, 6) is -0.102. The van der Waals surface area contributed by atoms with Gasteiger partial charge in [-0.05, 0) is 36.2 Å². The molecule has 0 saturated heterocycles. The first-order valence-electron chi connectivity index (χ1n) is 6.93. The average molecular weight is 316 g/mol. The molecule has 0 radical (unpaired) electrons. The Labute approximate surface area is 129 Å². The van der Waals surface area contributed by atoms with Crippen LogP contribution in [0.1, 0.15) is 16.7 Å². The van der Waals surface area contributed by atoms with Gasteiger partial charge in [0.2, 0.25) is 5.91 Å². The highest BCUT2D eigenvalue weighted by atomic mass is 32.2. The minimum absolute atomic E-state index is 0.102. The molecule has 0 saturated carbocycles. The predicted octanol–water partition coefficient (Wildman–Crippen LogP) is 1.97. The highest BCUT2D eigenvalue weighted by Crippen LogP contribution is 2.26. The quantitative estimate of drug-likeness (QED) is 0.909. The van der Waals surface area contributed by atoms with Crippen molar-refractivity contribution < 1.29 is 13.2 Å². The molecule has 0 bridgehead atoms. The summed E-state index contributed by atoms with van der Waals surface area (Å²) in [5.41, 5.74) is 3.13. The van der Waals surface area contributed by atoms with Gasteiger partial charge in [-0.3, -0.25) is 9.52 Å². The first-order valence-corrected chi connectivity index (χ1v) is 8.41. The Bertz CT molecular complexity index is 827. The molecule has 22 heavy (non-hydrogen) atoms. The SMILES string of the molecule is Cc1ccc(S(=O)(=O)Nc2cccc3c2CC(=O)NC3)cc1. The maximum atomic E-state index is 12.5. The Morgan fingerprint density at radius 2 is 1.82 bits per heavy atom. The summed E-state index contributed by atoms with van der Waals surface area (Å²) in [6, 6.07) is 12.0. The molecule has 1 aliphatic heterocycles. The third-order valence-electron chi connectivity index (χ3n) is 3.66. The molecule has 0 unspecified atom stereocenters. The fraction of sp³-hybridized carbons (Fsp3) is 0.188. The van der Waals surface area contributed by atoms with Crippen LogP contribution < -0.4 is 10.0 Å². The van der Waals surface area contributed by atoms with E-state index in [1.54, 1.807) is 36.4 Å².